The monoisotopic (exact) mass is 440 g/mol. The molecular formula is C23H21ClN2O3S. The van der Waals surface area contributed by atoms with Crippen LogP contribution in [0.5, 0.6) is 0 Å². The second-order valence-corrected chi connectivity index (χ2v) is 8.76. The number of carbonyl (C=O) groups excluding carboxylic acids is 2. The molecule has 0 spiro atoms. The number of carbonyl (C=O) groups is 2. The third-order valence-electron chi connectivity index (χ3n) is 5.24. The molecule has 5 nitrogen and oxygen atoms in total. The van der Waals surface area contributed by atoms with Gasteiger partial charge in [-0.1, -0.05) is 29.8 Å². The Hall–Kier alpha value is -2.70. The summed E-state index contributed by atoms with van der Waals surface area (Å²) in [6.45, 7) is 4.02. The molecule has 0 bridgehead atoms. The number of anilines is 1. The molecule has 1 aliphatic rings. The topological polar surface area (TPSA) is 62.6 Å². The van der Waals surface area contributed by atoms with E-state index in [0.29, 0.717) is 22.0 Å². The van der Waals surface area contributed by atoms with Gasteiger partial charge in [0.1, 0.15) is 11.4 Å². The van der Waals surface area contributed by atoms with Gasteiger partial charge in [0.15, 0.2) is 0 Å². The maximum Gasteiger partial charge on any atom is 0.257 e. The van der Waals surface area contributed by atoms with Gasteiger partial charge in [-0.15, -0.1) is 11.8 Å². The minimum absolute atomic E-state index is 0.225. The number of aryl methyl sites for hydroxylation is 2. The van der Waals surface area contributed by atoms with Gasteiger partial charge in [0.2, 0.25) is 5.91 Å². The third-order valence-corrected chi connectivity index (χ3v) is 6.90. The number of halogens is 1. The van der Waals surface area contributed by atoms with E-state index in [2.05, 4.69) is 5.32 Å². The normalized spacial score (nSPS) is 18.4. The Labute approximate surface area is 184 Å². The van der Waals surface area contributed by atoms with E-state index in [9.17, 15) is 9.59 Å². The van der Waals surface area contributed by atoms with Gasteiger partial charge >= 0.3 is 0 Å². The van der Waals surface area contributed by atoms with Crippen molar-refractivity contribution < 1.29 is 14.0 Å². The second kappa shape index (κ2) is 8.58. The highest BCUT2D eigenvalue weighted by molar-refractivity contribution is 7.99. The van der Waals surface area contributed by atoms with Crippen LogP contribution in [0.3, 0.4) is 0 Å². The van der Waals surface area contributed by atoms with Crippen molar-refractivity contribution in [3.05, 3.63) is 88.3 Å². The van der Waals surface area contributed by atoms with Crippen LogP contribution in [0, 0.1) is 13.8 Å². The van der Waals surface area contributed by atoms with E-state index in [1.54, 1.807) is 41.7 Å². The number of nitrogens with one attached hydrogen (secondary N) is 1. The molecule has 4 rings (SSSR count). The van der Waals surface area contributed by atoms with Crippen molar-refractivity contribution in [1.82, 2.24) is 4.90 Å². The zero-order valence-electron chi connectivity index (χ0n) is 16.6. The third kappa shape index (κ3) is 3.98. The molecule has 2 unspecified atom stereocenters. The van der Waals surface area contributed by atoms with Gasteiger partial charge in [0, 0.05) is 17.0 Å². The SMILES string of the molecule is Cc1ccc(NC(=O)C2CSC(c3ccoc3)N2C(=O)c2ccccc2Cl)cc1C. The number of nitrogens with zero attached hydrogens (tertiary/aromatic N) is 1. The summed E-state index contributed by atoms with van der Waals surface area (Å²) < 4.78 is 5.22. The summed E-state index contributed by atoms with van der Waals surface area (Å²) in [5.74, 6) is -0.0305. The van der Waals surface area contributed by atoms with E-state index >= 15 is 0 Å². The van der Waals surface area contributed by atoms with Gasteiger partial charge in [-0.3, -0.25) is 9.59 Å². The van der Waals surface area contributed by atoms with Crippen LogP contribution in [0.25, 0.3) is 0 Å². The molecule has 2 atom stereocenters. The highest BCUT2D eigenvalue weighted by atomic mass is 35.5. The first-order valence-corrected chi connectivity index (χ1v) is 11.0. The summed E-state index contributed by atoms with van der Waals surface area (Å²) in [5, 5.41) is 3.00. The Kier molecular flexibility index (Phi) is 5.88. The molecule has 0 saturated carbocycles. The van der Waals surface area contributed by atoms with Crippen molar-refractivity contribution in [3.63, 3.8) is 0 Å². The summed E-state index contributed by atoms with van der Waals surface area (Å²) in [4.78, 5) is 28.2. The Morgan fingerprint density at radius 2 is 1.93 bits per heavy atom. The van der Waals surface area contributed by atoms with E-state index in [1.807, 2.05) is 38.1 Å². The number of benzene rings is 2. The Morgan fingerprint density at radius 3 is 2.63 bits per heavy atom. The minimum atomic E-state index is -0.639. The van der Waals surface area contributed by atoms with Gasteiger partial charge in [-0.2, -0.15) is 0 Å². The maximum absolute atomic E-state index is 13.5. The molecule has 154 valence electrons. The molecule has 1 aromatic heterocycles. The molecule has 0 aliphatic carbocycles. The summed E-state index contributed by atoms with van der Waals surface area (Å²) in [6, 6.07) is 13.8. The largest absolute Gasteiger partial charge is 0.472 e. The van der Waals surface area contributed by atoms with Crippen molar-refractivity contribution in [2.75, 3.05) is 11.1 Å². The van der Waals surface area contributed by atoms with Crippen molar-refractivity contribution in [1.29, 1.82) is 0 Å². The summed E-state index contributed by atoms with van der Waals surface area (Å²) >= 11 is 7.82. The van der Waals surface area contributed by atoms with E-state index in [4.69, 9.17) is 16.0 Å². The van der Waals surface area contributed by atoms with Crippen LogP contribution in [0.2, 0.25) is 5.02 Å². The number of rotatable bonds is 4. The highest BCUT2D eigenvalue weighted by Gasteiger charge is 2.43. The average Bonchev–Trinajstić information content (AvgIpc) is 3.40. The number of hydrogen-bond acceptors (Lipinski definition) is 4. The lowest BCUT2D eigenvalue weighted by Gasteiger charge is -2.28. The van der Waals surface area contributed by atoms with Crippen molar-refractivity contribution in [2.45, 2.75) is 25.3 Å². The molecule has 7 heteroatoms. The molecule has 1 fully saturated rings. The maximum atomic E-state index is 13.5. The van der Waals surface area contributed by atoms with Gasteiger partial charge in [-0.25, -0.2) is 0 Å². The fraction of sp³-hybridized carbons (Fsp3) is 0.217. The standard InChI is InChI=1S/C23H21ClN2O3S/c1-14-7-8-17(11-15(14)2)25-21(27)20-13-30-23(16-9-10-29-12-16)26(20)22(28)18-5-3-4-6-19(18)24/h3-12,20,23H,13H2,1-2H3,(H,25,27). The van der Waals surface area contributed by atoms with Crippen molar-refractivity contribution >= 4 is 40.9 Å². The van der Waals surface area contributed by atoms with Gasteiger partial charge in [0.25, 0.3) is 5.91 Å². The van der Waals surface area contributed by atoms with Gasteiger partial charge in [-0.05, 0) is 55.3 Å². The van der Waals surface area contributed by atoms with Crippen LogP contribution >= 0.6 is 23.4 Å². The summed E-state index contributed by atoms with van der Waals surface area (Å²) in [6.07, 6.45) is 3.17. The molecule has 2 aromatic carbocycles. The van der Waals surface area contributed by atoms with Gasteiger partial charge < -0.3 is 14.6 Å². The lowest BCUT2D eigenvalue weighted by molar-refractivity contribution is -0.119. The number of amides is 2. The first-order chi connectivity index (χ1) is 14.5. The molecule has 0 radical (unpaired) electrons. The molecule has 1 aliphatic heterocycles. The van der Waals surface area contributed by atoms with Crippen molar-refractivity contribution in [3.8, 4) is 0 Å². The van der Waals surface area contributed by atoms with Crippen LogP contribution < -0.4 is 5.32 Å². The van der Waals surface area contributed by atoms with Crippen LogP contribution in [0.15, 0.2) is 65.5 Å². The molecule has 1 N–H and O–H groups in total. The van der Waals surface area contributed by atoms with Crippen LogP contribution in [0.4, 0.5) is 5.69 Å². The molecule has 30 heavy (non-hydrogen) atoms. The lowest BCUT2D eigenvalue weighted by atomic mass is 10.1. The number of furan rings is 1. The van der Waals surface area contributed by atoms with E-state index in [-0.39, 0.29) is 17.2 Å². The second-order valence-electron chi connectivity index (χ2n) is 7.24. The first kappa shape index (κ1) is 20.6. The Balaban J connectivity index is 1.65. The fourth-order valence-corrected chi connectivity index (χ4v) is 5.07. The zero-order valence-corrected chi connectivity index (χ0v) is 18.2. The molecule has 2 amide bonds. The van der Waals surface area contributed by atoms with Gasteiger partial charge in [0.05, 0.1) is 23.1 Å². The van der Waals surface area contributed by atoms with E-state index in [1.165, 1.54) is 11.8 Å². The fourth-order valence-electron chi connectivity index (χ4n) is 3.45. The Bertz CT molecular complexity index is 1080. The minimum Gasteiger partial charge on any atom is -0.472 e. The van der Waals surface area contributed by atoms with E-state index < -0.39 is 6.04 Å². The number of thioether (sulfide) groups is 1. The first-order valence-electron chi connectivity index (χ1n) is 9.54. The summed E-state index contributed by atoms with van der Waals surface area (Å²) in [5.41, 5.74) is 4.17. The lowest BCUT2D eigenvalue weighted by Crippen LogP contribution is -2.45. The highest BCUT2D eigenvalue weighted by Crippen LogP contribution is 2.43. The average molecular weight is 441 g/mol. The molecule has 2 heterocycles. The molecule has 1 saturated heterocycles. The smallest absolute Gasteiger partial charge is 0.257 e. The Morgan fingerprint density at radius 1 is 1.13 bits per heavy atom. The molecular weight excluding hydrogens is 420 g/mol. The van der Waals surface area contributed by atoms with Crippen LogP contribution in [-0.2, 0) is 4.79 Å². The van der Waals surface area contributed by atoms with E-state index in [0.717, 1.165) is 16.7 Å². The van der Waals surface area contributed by atoms with Crippen LogP contribution in [0.1, 0.15) is 32.4 Å². The predicted octanol–water partition coefficient (Wildman–Crippen LogP) is 5.44. The zero-order chi connectivity index (χ0) is 21.3. The molecule has 3 aromatic rings. The quantitative estimate of drug-likeness (QED) is 0.586. The predicted molar refractivity (Wildman–Crippen MR) is 120 cm³/mol. The summed E-state index contributed by atoms with van der Waals surface area (Å²) in [7, 11) is 0. The number of hydrogen-bond donors (Lipinski definition) is 1. The van der Waals surface area contributed by atoms with Crippen molar-refractivity contribution in [2.24, 2.45) is 0 Å². The van der Waals surface area contributed by atoms with Crippen LogP contribution in [-0.4, -0.2) is 28.5 Å².